The molecule has 0 aliphatic carbocycles. The minimum absolute atomic E-state index is 0.0851. The Bertz CT molecular complexity index is 520. The fourth-order valence-electron chi connectivity index (χ4n) is 2.52. The molecule has 1 aliphatic rings. The molecule has 1 aliphatic heterocycles. The van der Waals surface area contributed by atoms with E-state index in [2.05, 4.69) is 0 Å². The van der Waals surface area contributed by atoms with Gasteiger partial charge < -0.3 is 9.52 Å². The Morgan fingerprint density at radius 1 is 1.56 bits per heavy atom. The number of rotatable bonds is 4. The van der Waals surface area contributed by atoms with Crippen LogP contribution in [-0.4, -0.2) is 30.4 Å². The summed E-state index contributed by atoms with van der Waals surface area (Å²) in [5, 5.41) is 9.00. The lowest BCUT2D eigenvalue weighted by Gasteiger charge is -2.22. The first-order chi connectivity index (χ1) is 8.50. The molecule has 2 rings (SSSR count). The minimum Gasteiger partial charge on any atom is -0.462 e. The van der Waals surface area contributed by atoms with E-state index >= 15 is 0 Å². The van der Waals surface area contributed by atoms with Crippen molar-refractivity contribution in [3.05, 3.63) is 17.6 Å². The molecule has 6 heteroatoms. The number of aliphatic hydroxyl groups is 1. The predicted molar refractivity (Wildman–Crippen MR) is 66.6 cm³/mol. The van der Waals surface area contributed by atoms with Gasteiger partial charge in [0.05, 0.1) is 0 Å². The second kappa shape index (κ2) is 5.03. The maximum Gasteiger partial charge on any atom is 0.246 e. The Morgan fingerprint density at radius 3 is 2.83 bits per heavy atom. The molecule has 1 aromatic heterocycles. The number of sulfonamides is 1. The molecule has 1 saturated heterocycles. The molecular formula is C12H19NO4S. The van der Waals surface area contributed by atoms with Crippen molar-refractivity contribution in [2.24, 2.45) is 0 Å². The molecule has 18 heavy (non-hydrogen) atoms. The van der Waals surface area contributed by atoms with E-state index in [0.29, 0.717) is 18.1 Å². The van der Waals surface area contributed by atoms with Gasteiger partial charge in [0.1, 0.15) is 23.0 Å². The molecule has 5 nitrogen and oxygen atoms in total. The van der Waals surface area contributed by atoms with E-state index in [1.807, 2.05) is 6.92 Å². The van der Waals surface area contributed by atoms with E-state index in [1.54, 1.807) is 11.2 Å². The summed E-state index contributed by atoms with van der Waals surface area (Å²) >= 11 is 0. The number of aliphatic hydroxyl groups excluding tert-OH is 1. The molecule has 1 unspecified atom stereocenters. The predicted octanol–water partition coefficient (Wildman–Crippen LogP) is 1.64. The Balaban J connectivity index is 2.38. The molecule has 0 spiro atoms. The molecular weight excluding hydrogens is 254 g/mol. The monoisotopic (exact) mass is 273 g/mol. The molecule has 0 amide bonds. The van der Waals surface area contributed by atoms with Gasteiger partial charge in [-0.1, -0.05) is 6.92 Å². The third kappa shape index (κ3) is 2.20. The first-order valence-corrected chi connectivity index (χ1v) is 7.66. The van der Waals surface area contributed by atoms with Gasteiger partial charge in [0.2, 0.25) is 10.0 Å². The lowest BCUT2D eigenvalue weighted by Crippen LogP contribution is -2.35. The summed E-state index contributed by atoms with van der Waals surface area (Å²) < 4.78 is 31.9. The summed E-state index contributed by atoms with van der Waals surface area (Å²) in [6, 6.07) is 1.51. The zero-order valence-corrected chi connectivity index (χ0v) is 11.5. The van der Waals surface area contributed by atoms with Gasteiger partial charge in [-0.25, -0.2) is 8.42 Å². The van der Waals surface area contributed by atoms with Crippen molar-refractivity contribution in [3.8, 4) is 0 Å². The van der Waals surface area contributed by atoms with Crippen LogP contribution in [0.25, 0.3) is 0 Å². The molecule has 1 atom stereocenters. The van der Waals surface area contributed by atoms with E-state index in [0.717, 1.165) is 19.3 Å². The average Bonchev–Trinajstić information content (AvgIpc) is 2.94. The number of hydrogen-bond donors (Lipinski definition) is 1. The van der Waals surface area contributed by atoms with Crippen LogP contribution in [0.15, 0.2) is 15.4 Å². The summed E-state index contributed by atoms with van der Waals surface area (Å²) in [7, 11) is -3.49. The van der Waals surface area contributed by atoms with E-state index in [9.17, 15) is 8.42 Å². The van der Waals surface area contributed by atoms with Gasteiger partial charge in [0.15, 0.2) is 0 Å². The van der Waals surface area contributed by atoms with Crippen molar-refractivity contribution < 1.29 is 17.9 Å². The van der Waals surface area contributed by atoms with Gasteiger partial charge >= 0.3 is 0 Å². The van der Waals surface area contributed by atoms with Gasteiger partial charge in [0, 0.05) is 18.7 Å². The highest BCUT2D eigenvalue weighted by Gasteiger charge is 2.36. The SMILES string of the molecule is CCC1CCCN1S(=O)(=O)c1cc(CO)oc1C. The molecule has 1 N–H and O–H groups in total. The van der Waals surface area contributed by atoms with Crippen LogP contribution in [0, 0.1) is 6.92 Å². The highest BCUT2D eigenvalue weighted by molar-refractivity contribution is 7.89. The number of aryl methyl sites for hydroxylation is 1. The third-order valence-electron chi connectivity index (χ3n) is 3.46. The van der Waals surface area contributed by atoms with Crippen LogP contribution < -0.4 is 0 Å². The van der Waals surface area contributed by atoms with Crippen LogP contribution in [0.2, 0.25) is 0 Å². The van der Waals surface area contributed by atoms with Gasteiger partial charge in [-0.2, -0.15) is 4.31 Å². The lowest BCUT2D eigenvalue weighted by molar-refractivity contribution is 0.244. The van der Waals surface area contributed by atoms with Gasteiger partial charge in [-0.05, 0) is 26.2 Å². The first kappa shape index (κ1) is 13.6. The zero-order chi connectivity index (χ0) is 13.3. The second-order valence-corrected chi connectivity index (χ2v) is 6.47. The summed E-state index contributed by atoms with van der Waals surface area (Å²) in [5.41, 5.74) is 0. The standard InChI is InChI=1S/C12H19NO4S/c1-3-10-5-4-6-13(10)18(15,16)12-7-11(8-14)17-9(12)2/h7,10,14H,3-6,8H2,1-2H3. The quantitative estimate of drug-likeness (QED) is 0.905. The number of nitrogens with zero attached hydrogens (tertiary/aromatic N) is 1. The number of furan rings is 1. The van der Waals surface area contributed by atoms with E-state index in [1.165, 1.54) is 6.07 Å². The van der Waals surface area contributed by atoms with Crippen LogP contribution in [0.1, 0.15) is 37.7 Å². The zero-order valence-electron chi connectivity index (χ0n) is 10.7. The molecule has 0 radical (unpaired) electrons. The molecule has 1 fully saturated rings. The van der Waals surface area contributed by atoms with Crippen molar-refractivity contribution >= 4 is 10.0 Å². The van der Waals surface area contributed by atoms with Gasteiger partial charge in [0.25, 0.3) is 0 Å². The first-order valence-electron chi connectivity index (χ1n) is 6.22. The Morgan fingerprint density at radius 2 is 2.28 bits per heavy atom. The van der Waals surface area contributed by atoms with E-state index in [4.69, 9.17) is 9.52 Å². The third-order valence-corrected chi connectivity index (χ3v) is 5.52. The van der Waals surface area contributed by atoms with Gasteiger partial charge in [-0.15, -0.1) is 0 Å². The molecule has 102 valence electrons. The highest BCUT2D eigenvalue weighted by Crippen LogP contribution is 2.30. The smallest absolute Gasteiger partial charge is 0.246 e. The highest BCUT2D eigenvalue weighted by atomic mass is 32.2. The molecule has 0 bridgehead atoms. The maximum atomic E-state index is 12.5. The van der Waals surface area contributed by atoms with Crippen LogP contribution in [0.3, 0.4) is 0 Å². The minimum atomic E-state index is -3.49. The fraction of sp³-hybridized carbons (Fsp3) is 0.667. The normalized spacial score (nSPS) is 21.6. The van der Waals surface area contributed by atoms with Crippen LogP contribution in [0.5, 0.6) is 0 Å². The average molecular weight is 273 g/mol. The largest absolute Gasteiger partial charge is 0.462 e. The maximum absolute atomic E-state index is 12.5. The van der Waals surface area contributed by atoms with E-state index in [-0.39, 0.29) is 17.5 Å². The van der Waals surface area contributed by atoms with Crippen molar-refractivity contribution in [3.63, 3.8) is 0 Å². The molecule has 0 saturated carbocycles. The van der Waals surface area contributed by atoms with Crippen LogP contribution >= 0.6 is 0 Å². The van der Waals surface area contributed by atoms with Crippen molar-refractivity contribution in [2.75, 3.05) is 6.54 Å². The second-order valence-electron chi connectivity index (χ2n) is 4.61. The van der Waals surface area contributed by atoms with Crippen LogP contribution in [-0.2, 0) is 16.6 Å². The Hall–Kier alpha value is -0.850. The summed E-state index contributed by atoms with van der Waals surface area (Å²) in [6.07, 6.45) is 2.64. The van der Waals surface area contributed by atoms with E-state index < -0.39 is 10.0 Å². The summed E-state index contributed by atoms with van der Waals surface area (Å²) in [4.78, 5) is 0.187. The molecule has 1 aromatic rings. The van der Waals surface area contributed by atoms with Crippen molar-refractivity contribution in [2.45, 2.75) is 50.7 Å². The summed E-state index contributed by atoms with van der Waals surface area (Å²) in [6.45, 7) is 3.90. The van der Waals surface area contributed by atoms with Crippen molar-refractivity contribution in [1.29, 1.82) is 0 Å². The molecule has 2 heterocycles. The van der Waals surface area contributed by atoms with Crippen molar-refractivity contribution in [1.82, 2.24) is 4.31 Å². The van der Waals surface area contributed by atoms with Crippen LogP contribution in [0.4, 0.5) is 0 Å². The Labute approximate surface area is 107 Å². The molecule has 0 aromatic carbocycles. The topological polar surface area (TPSA) is 70.8 Å². The lowest BCUT2D eigenvalue weighted by atomic mass is 10.2. The number of hydrogen-bond acceptors (Lipinski definition) is 4. The fourth-order valence-corrected chi connectivity index (χ4v) is 4.47. The summed E-state index contributed by atoms with van der Waals surface area (Å²) in [5.74, 6) is 0.638. The Kier molecular flexibility index (Phi) is 3.79. The van der Waals surface area contributed by atoms with Gasteiger partial charge in [-0.3, -0.25) is 0 Å².